The van der Waals surface area contributed by atoms with Gasteiger partial charge in [0.05, 0.1) is 23.8 Å². The molecule has 0 saturated heterocycles. The smallest absolute Gasteiger partial charge is 0.263 e. The Balaban J connectivity index is 1.32. The molecule has 4 aromatic heterocycles. The van der Waals surface area contributed by atoms with Gasteiger partial charge in [0.15, 0.2) is 0 Å². The zero-order valence-electron chi connectivity index (χ0n) is 17.6. The SMILES string of the molecule is O=C(NCc1nc(-c2c[nH]c3ncccc23)cs1)c1cc(Cl)cn(Cc2ccc(Cl)cc2)c1=O. The monoisotopic (exact) mass is 509 g/mol. The first-order valence-corrected chi connectivity index (χ1v) is 11.9. The van der Waals surface area contributed by atoms with E-state index in [1.165, 1.54) is 28.2 Å². The summed E-state index contributed by atoms with van der Waals surface area (Å²) in [6.07, 6.45) is 5.10. The highest BCUT2D eigenvalue weighted by atomic mass is 35.5. The molecule has 10 heteroatoms. The molecule has 0 aliphatic carbocycles. The number of rotatable bonds is 6. The number of carbonyl (C=O) groups is 1. The number of pyridine rings is 2. The van der Waals surface area contributed by atoms with Crippen molar-refractivity contribution in [3.05, 3.63) is 103 Å². The van der Waals surface area contributed by atoms with Gasteiger partial charge in [-0.3, -0.25) is 9.59 Å². The number of thiazole rings is 1. The number of aromatic nitrogens is 4. The quantitative estimate of drug-likeness (QED) is 0.331. The maximum absolute atomic E-state index is 12.9. The van der Waals surface area contributed by atoms with Gasteiger partial charge in [0.2, 0.25) is 0 Å². The summed E-state index contributed by atoms with van der Waals surface area (Å²) in [5.41, 5.74) is 2.93. The topological polar surface area (TPSA) is 92.7 Å². The van der Waals surface area contributed by atoms with Crippen molar-refractivity contribution in [3.8, 4) is 11.3 Å². The lowest BCUT2D eigenvalue weighted by molar-refractivity contribution is 0.0948. The molecule has 0 radical (unpaired) electrons. The predicted molar refractivity (Wildman–Crippen MR) is 135 cm³/mol. The molecule has 1 amide bonds. The molecule has 5 aromatic rings. The summed E-state index contributed by atoms with van der Waals surface area (Å²) in [6.45, 7) is 0.458. The molecule has 5 rings (SSSR count). The lowest BCUT2D eigenvalue weighted by Crippen LogP contribution is -2.32. The molecule has 0 fully saturated rings. The van der Waals surface area contributed by atoms with Crippen LogP contribution >= 0.6 is 34.5 Å². The second-order valence-corrected chi connectivity index (χ2v) is 9.36. The lowest BCUT2D eigenvalue weighted by Gasteiger charge is -2.10. The predicted octanol–water partition coefficient (Wildman–Crippen LogP) is 5.13. The minimum atomic E-state index is -0.509. The Morgan fingerprint density at radius 2 is 1.97 bits per heavy atom. The molecule has 7 nitrogen and oxygen atoms in total. The van der Waals surface area contributed by atoms with Gasteiger partial charge < -0.3 is 14.9 Å². The molecular weight excluding hydrogens is 493 g/mol. The van der Waals surface area contributed by atoms with Gasteiger partial charge in [-0.15, -0.1) is 11.3 Å². The van der Waals surface area contributed by atoms with Gasteiger partial charge in [0.25, 0.3) is 11.5 Å². The number of nitrogens with zero attached hydrogens (tertiary/aromatic N) is 3. The van der Waals surface area contributed by atoms with Crippen LogP contribution < -0.4 is 10.9 Å². The number of H-pyrrole nitrogens is 1. The minimum absolute atomic E-state index is 0.0269. The van der Waals surface area contributed by atoms with Crippen molar-refractivity contribution in [2.45, 2.75) is 13.1 Å². The van der Waals surface area contributed by atoms with Gasteiger partial charge in [-0.2, -0.15) is 0 Å². The highest BCUT2D eigenvalue weighted by Crippen LogP contribution is 2.28. The standard InChI is InChI=1S/C24H17Cl2N5O2S/c25-15-5-3-14(4-6-15)11-31-12-16(26)8-18(24(31)33)23(32)29-10-21-30-20(13-34-21)19-9-28-22-17(19)2-1-7-27-22/h1-9,12-13H,10-11H2,(H,27,28)(H,29,32). The zero-order valence-corrected chi connectivity index (χ0v) is 19.9. The van der Waals surface area contributed by atoms with E-state index >= 15 is 0 Å². The van der Waals surface area contributed by atoms with Crippen LogP contribution in [0.15, 0.2) is 71.2 Å². The number of fused-ring (bicyclic) bond motifs is 1. The lowest BCUT2D eigenvalue weighted by atomic mass is 10.2. The largest absolute Gasteiger partial charge is 0.345 e. The molecule has 0 saturated carbocycles. The van der Waals surface area contributed by atoms with Crippen molar-refractivity contribution < 1.29 is 4.79 Å². The van der Waals surface area contributed by atoms with Crippen LogP contribution in [0.25, 0.3) is 22.3 Å². The molecule has 0 atom stereocenters. The normalized spacial score (nSPS) is 11.1. The summed E-state index contributed by atoms with van der Waals surface area (Å²) >= 11 is 13.6. The summed E-state index contributed by atoms with van der Waals surface area (Å²) in [5.74, 6) is -0.509. The molecule has 2 N–H and O–H groups in total. The Morgan fingerprint density at radius 3 is 2.79 bits per heavy atom. The van der Waals surface area contributed by atoms with Crippen molar-refractivity contribution in [1.82, 2.24) is 24.8 Å². The molecule has 0 aliphatic rings. The van der Waals surface area contributed by atoms with Gasteiger partial charge in [0.1, 0.15) is 16.2 Å². The molecule has 1 aromatic carbocycles. The van der Waals surface area contributed by atoms with E-state index in [1.807, 2.05) is 35.8 Å². The number of aromatic amines is 1. The third-order valence-corrected chi connectivity index (χ3v) is 6.55. The van der Waals surface area contributed by atoms with Crippen molar-refractivity contribution in [3.63, 3.8) is 0 Å². The highest BCUT2D eigenvalue weighted by Gasteiger charge is 2.16. The molecule has 0 aliphatic heterocycles. The van der Waals surface area contributed by atoms with Crippen LogP contribution in [-0.2, 0) is 13.1 Å². The van der Waals surface area contributed by atoms with Gasteiger partial charge in [0, 0.05) is 39.9 Å². The Morgan fingerprint density at radius 1 is 1.15 bits per heavy atom. The summed E-state index contributed by atoms with van der Waals surface area (Å²) in [4.78, 5) is 37.8. The van der Waals surface area contributed by atoms with Crippen LogP contribution in [0, 0.1) is 0 Å². The van der Waals surface area contributed by atoms with E-state index in [0.717, 1.165) is 27.9 Å². The number of amides is 1. The molecular formula is C24H17Cl2N5O2S. The van der Waals surface area contributed by atoms with Gasteiger partial charge in [-0.1, -0.05) is 35.3 Å². The third-order valence-electron chi connectivity index (χ3n) is 5.24. The van der Waals surface area contributed by atoms with Crippen LogP contribution in [0.5, 0.6) is 0 Å². The third kappa shape index (κ3) is 4.61. The first-order valence-electron chi connectivity index (χ1n) is 10.3. The molecule has 4 heterocycles. The van der Waals surface area contributed by atoms with Crippen LogP contribution in [-0.4, -0.2) is 25.4 Å². The average Bonchev–Trinajstić information content (AvgIpc) is 3.48. The van der Waals surface area contributed by atoms with E-state index in [9.17, 15) is 9.59 Å². The zero-order chi connectivity index (χ0) is 23.7. The number of hydrogen-bond acceptors (Lipinski definition) is 5. The van der Waals surface area contributed by atoms with Crippen molar-refractivity contribution in [1.29, 1.82) is 0 Å². The number of halogens is 2. The van der Waals surface area contributed by atoms with Crippen molar-refractivity contribution >= 4 is 51.5 Å². The summed E-state index contributed by atoms with van der Waals surface area (Å²) < 4.78 is 1.41. The van der Waals surface area contributed by atoms with Gasteiger partial charge in [-0.25, -0.2) is 9.97 Å². The number of benzene rings is 1. The molecule has 170 valence electrons. The number of nitrogens with one attached hydrogen (secondary N) is 2. The Labute approximate surface area is 208 Å². The van der Waals surface area contributed by atoms with Crippen molar-refractivity contribution in [2.24, 2.45) is 0 Å². The summed E-state index contributed by atoms with van der Waals surface area (Å²) in [5, 5.41) is 7.29. The Bertz CT molecular complexity index is 1560. The van der Waals surface area contributed by atoms with Gasteiger partial charge >= 0.3 is 0 Å². The molecule has 0 bridgehead atoms. The maximum atomic E-state index is 12.9. The second kappa shape index (κ2) is 9.42. The molecule has 34 heavy (non-hydrogen) atoms. The fourth-order valence-electron chi connectivity index (χ4n) is 3.60. The summed E-state index contributed by atoms with van der Waals surface area (Å²) in [7, 11) is 0. The maximum Gasteiger partial charge on any atom is 0.263 e. The van der Waals surface area contributed by atoms with E-state index in [1.54, 1.807) is 18.3 Å². The minimum Gasteiger partial charge on any atom is -0.345 e. The van der Waals surface area contributed by atoms with E-state index < -0.39 is 11.5 Å². The van der Waals surface area contributed by atoms with E-state index in [-0.39, 0.29) is 18.7 Å². The second-order valence-electron chi connectivity index (χ2n) is 7.54. The van der Waals surface area contributed by atoms with Crippen LogP contribution in [0.3, 0.4) is 0 Å². The summed E-state index contributed by atoms with van der Waals surface area (Å²) in [6, 6.07) is 12.4. The Kier molecular flexibility index (Phi) is 6.19. The number of carbonyl (C=O) groups excluding carboxylic acids is 1. The van der Waals surface area contributed by atoms with E-state index in [2.05, 4.69) is 20.3 Å². The average molecular weight is 510 g/mol. The fraction of sp³-hybridized carbons (Fsp3) is 0.0833. The van der Waals surface area contributed by atoms with Gasteiger partial charge in [-0.05, 0) is 35.9 Å². The first-order chi connectivity index (χ1) is 16.5. The van der Waals surface area contributed by atoms with E-state index in [0.29, 0.717) is 15.1 Å². The molecule has 0 unspecified atom stereocenters. The highest BCUT2D eigenvalue weighted by molar-refractivity contribution is 7.10. The van der Waals surface area contributed by atoms with Crippen LogP contribution in [0.4, 0.5) is 0 Å². The molecule has 0 spiro atoms. The first kappa shape index (κ1) is 22.3. The van der Waals surface area contributed by atoms with Crippen LogP contribution in [0.2, 0.25) is 10.0 Å². The van der Waals surface area contributed by atoms with Crippen molar-refractivity contribution in [2.75, 3.05) is 0 Å². The number of hydrogen-bond donors (Lipinski definition) is 2. The Hall–Kier alpha value is -3.46. The fourth-order valence-corrected chi connectivity index (χ4v) is 4.69. The van der Waals surface area contributed by atoms with Crippen LogP contribution in [0.1, 0.15) is 20.9 Å². The van der Waals surface area contributed by atoms with E-state index in [4.69, 9.17) is 23.2 Å².